The van der Waals surface area contributed by atoms with Gasteiger partial charge in [0.1, 0.15) is 6.04 Å². The van der Waals surface area contributed by atoms with E-state index in [4.69, 9.17) is 9.84 Å². The molecule has 0 aromatic carbocycles. The van der Waals surface area contributed by atoms with Gasteiger partial charge in [0.25, 0.3) is 0 Å². The third-order valence-corrected chi connectivity index (χ3v) is 4.32. The van der Waals surface area contributed by atoms with Crippen molar-refractivity contribution in [3.05, 3.63) is 21.9 Å². The first-order valence-electron chi connectivity index (χ1n) is 6.44. The molecule has 7 heteroatoms. The molecule has 1 atom stereocenters. The van der Waals surface area contributed by atoms with E-state index in [0.29, 0.717) is 19.7 Å². The highest BCUT2D eigenvalue weighted by molar-refractivity contribution is 7.10. The van der Waals surface area contributed by atoms with Crippen LogP contribution in [-0.2, 0) is 22.5 Å². The Kier molecular flexibility index (Phi) is 4.97. The quantitative estimate of drug-likeness (QED) is 0.859. The van der Waals surface area contributed by atoms with Crippen molar-refractivity contribution in [3.63, 3.8) is 0 Å². The van der Waals surface area contributed by atoms with Gasteiger partial charge in [-0.1, -0.05) is 0 Å². The largest absolute Gasteiger partial charge is 0.480 e. The zero-order valence-electron chi connectivity index (χ0n) is 11.3. The van der Waals surface area contributed by atoms with Gasteiger partial charge in [0.15, 0.2) is 0 Å². The lowest BCUT2D eigenvalue weighted by Gasteiger charge is -2.28. The maximum atomic E-state index is 12.1. The van der Waals surface area contributed by atoms with Gasteiger partial charge < -0.3 is 20.1 Å². The summed E-state index contributed by atoms with van der Waals surface area (Å²) < 4.78 is 4.86. The number of amides is 2. The normalized spacial score (nSPS) is 15.6. The number of carbonyl (C=O) groups excluding carboxylic acids is 1. The smallest absolute Gasteiger partial charge is 0.326 e. The number of aliphatic carboxylic acids is 1. The standard InChI is InChI=1S/C13H18N2O4S/c1-19-6-3-10(12(16)17)14-13(18)15-5-2-11-9(8-15)4-7-20-11/h4,7,10H,2-3,5-6,8H2,1H3,(H,14,18)(H,16,17). The van der Waals surface area contributed by atoms with Gasteiger partial charge in [-0.15, -0.1) is 11.3 Å². The number of ether oxygens (including phenoxy) is 1. The van der Waals surface area contributed by atoms with Crippen LogP contribution in [0, 0.1) is 0 Å². The number of hydrogen-bond donors (Lipinski definition) is 2. The summed E-state index contributed by atoms with van der Waals surface area (Å²) in [6.45, 7) is 1.46. The van der Waals surface area contributed by atoms with E-state index in [0.717, 1.165) is 12.0 Å². The van der Waals surface area contributed by atoms with Gasteiger partial charge in [0.2, 0.25) is 0 Å². The summed E-state index contributed by atoms with van der Waals surface area (Å²) in [5.74, 6) is -1.04. The Bertz CT molecular complexity index is 488. The van der Waals surface area contributed by atoms with E-state index >= 15 is 0 Å². The molecular weight excluding hydrogens is 280 g/mol. The lowest BCUT2D eigenvalue weighted by Crippen LogP contribution is -2.49. The molecule has 2 amide bonds. The van der Waals surface area contributed by atoms with E-state index in [1.165, 1.54) is 12.0 Å². The molecule has 2 rings (SSSR count). The molecule has 0 saturated carbocycles. The van der Waals surface area contributed by atoms with Crippen molar-refractivity contribution >= 4 is 23.3 Å². The van der Waals surface area contributed by atoms with Crippen molar-refractivity contribution in [2.75, 3.05) is 20.3 Å². The molecule has 1 aliphatic heterocycles. The average molecular weight is 298 g/mol. The summed E-state index contributed by atoms with van der Waals surface area (Å²) in [5.41, 5.74) is 1.15. The Hall–Kier alpha value is -1.60. The lowest BCUT2D eigenvalue weighted by atomic mass is 10.1. The summed E-state index contributed by atoms with van der Waals surface area (Å²) in [4.78, 5) is 26.2. The number of nitrogens with one attached hydrogen (secondary N) is 1. The maximum absolute atomic E-state index is 12.1. The SMILES string of the molecule is COCCC(NC(=O)N1CCc2sccc2C1)C(=O)O. The first-order valence-corrected chi connectivity index (χ1v) is 7.32. The highest BCUT2D eigenvalue weighted by atomic mass is 32.1. The topological polar surface area (TPSA) is 78.9 Å². The zero-order valence-corrected chi connectivity index (χ0v) is 12.1. The number of carboxylic acids is 1. The molecule has 1 aromatic rings. The van der Waals surface area contributed by atoms with Crippen molar-refractivity contribution in [1.82, 2.24) is 10.2 Å². The Labute approximate surface area is 121 Å². The molecular formula is C13H18N2O4S. The number of carbonyl (C=O) groups is 2. The number of fused-ring (bicyclic) bond motifs is 1. The zero-order chi connectivity index (χ0) is 14.5. The third kappa shape index (κ3) is 3.49. The number of carboxylic acid groups (broad SMARTS) is 1. The van der Waals surface area contributed by atoms with E-state index in [2.05, 4.69) is 5.32 Å². The monoisotopic (exact) mass is 298 g/mol. The summed E-state index contributed by atoms with van der Waals surface area (Å²) in [5, 5.41) is 13.7. The number of hydrogen-bond acceptors (Lipinski definition) is 4. The molecule has 1 aliphatic rings. The molecule has 6 nitrogen and oxygen atoms in total. The van der Waals surface area contributed by atoms with Crippen LogP contribution in [0.4, 0.5) is 4.79 Å². The fourth-order valence-corrected chi connectivity index (χ4v) is 3.04. The number of thiophene rings is 1. The maximum Gasteiger partial charge on any atom is 0.326 e. The van der Waals surface area contributed by atoms with Crippen LogP contribution in [0.3, 0.4) is 0 Å². The van der Waals surface area contributed by atoms with Gasteiger partial charge in [-0.25, -0.2) is 9.59 Å². The molecule has 110 valence electrons. The third-order valence-electron chi connectivity index (χ3n) is 3.30. The minimum Gasteiger partial charge on any atom is -0.480 e. The molecule has 2 heterocycles. The molecule has 1 unspecified atom stereocenters. The molecule has 20 heavy (non-hydrogen) atoms. The van der Waals surface area contributed by atoms with Gasteiger partial charge in [-0.3, -0.25) is 0 Å². The van der Waals surface area contributed by atoms with E-state index < -0.39 is 12.0 Å². The van der Waals surface area contributed by atoms with Gasteiger partial charge in [-0.05, 0) is 23.4 Å². The second-order valence-corrected chi connectivity index (χ2v) is 5.66. The van der Waals surface area contributed by atoms with Crippen molar-refractivity contribution in [3.8, 4) is 0 Å². The summed E-state index contributed by atoms with van der Waals surface area (Å²) >= 11 is 1.70. The highest BCUT2D eigenvalue weighted by Gasteiger charge is 2.25. The predicted octanol–water partition coefficient (Wildman–Crippen LogP) is 1.31. The molecule has 0 saturated heterocycles. The molecule has 0 aliphatic carbocycles. The average Bonchev–Trinajstić information content (AvgIpc) is 2.90. The number of nitrogens with zero attached hydrogens (tertiary/aromatic N) is 1. The Morgan fingerprint density at radius 1 is 1.60 bits per heavy atom. The van der Waals surface area contributed by atoms with Crippen LogP contribution in [-0.4, -0.2) is 48.3 Å². The van der Waals surface area contributed by atoms with E-state index in [1.807, 2.05) is 11.4 Å². The van der Waals surface area contributed by atoms with Gasteiger partial charge in [0.05, 0.1) is 0 Å². The van der Waals surface area contributed by atoms with E-state index in [1.54, 1.807) is 16.2 Å². The Morgan fingerprint density at radius 3 is 3.10 bits per heavy atom. The van der Waals surface area contributed by atoms with Gasteiger partial charge in [-0.2, -0.15) is 0 Å². The molecule has 0 radical (unpaired) electrons. The van der Waals surface area contributed by atoms with Crippen LogP contribution >= 0.6 is 11.3 Å². The van der Waals surface area contributed by atoms with Gasteiger partial charge in [0, 0.05) is 38.1 Å². The second kappa shape index (κ2) is 6.71. The number of methoxy groups -OCH3 is 1. The fourth-order valence-electron chi connectivity index (χ4n) is 2.16. The second-order valence-electron chi connectivity index (χ2n) is 4.66. The number of urea groups is 1. The van der Waals surface area contributed by atoms with Crippen LogP contribution in [0.2, 0.25) is 0 Å². The molecule has 0 fully saturated rings. The van der Waals surface area contributed by atoms with Gasteiger partial charge >= 0.3 is 12.0 Å². The van der Waals surface area contributed by atoms with E-state index in [-0.39, 0.29) is 12.5 Å². The summed E-state index contributed by atoms with van der Waals surface area (Å²) in [7, 11) is 1.50. The summed E-state index contributed by atoms with van der Waals surface area (Å²) in [6, 6.07) is 0.774. The van der Waals surface area contributed by atoms with Crippen molar-refractivity contribution in [2.45, 2.75) is 25.4 Å². The van der Waals surface area contributed by atoms with Crippen LogP contribution in [0.25, 0.3) is 0 Å². The van der Waals surface area contributed by atoms with Crippen LogP contribution < -0.4 is 5.32 Å². The van der Waals surface area contributed by atoms with Crippen molar-refractivity contribution < 1.29 is 19.4 Å². The van der Waals surface area contributed by atoms with Crippen LogP contribution in [0.1, 0.15) is 16.9 Å². The first-order chi connectivity index (χ1) is 9.61. The minimum absolute atomic E-state index is 0.259. The number of rotatable bonds is 5. The van der Waals surface area contributed by atoms with E-state index in [9.17, 15) is 9.59 Å². The fraction of sp³-hybridized carbons (Fsp3) is 0.538. The Morgan fingerprint density at radius 2 is 2.40 bits per heavy atom. The molecule has 2 N–H and O–H groups in total. The lowest BCUT2D eigenvalue weighted by molar-refractivity contribution is -0.139. The predicted molar refractivity (Wildman–Crippen MR) is 74.9 cm³/mol. The van der Waals surface area contributed by atoms with Crippen molar-refractivity contribution in [1.29, 1.82) is 0 Å². The Balaban J connectivity index is 1.92. The van der Waals surface area contributed by atoms with Crippen LogP contribution in [0.15, 0.2) is 11.4 Å². The van der Waals surface area contributed by atoms with Crippen LogP contribution in [0.5, 0.6) is 0 Å². The molecule has 1 aromatic heterocycles. The molecule has 0 spiro atoms. The van der Waals surface area contributed by atoms with Crippen molar-refractivity contribution in [2.24, 2.45) is 0 Å². The summed E-state index contributed by atoms with van der Waals surface area (Å²) in [6.07, 6.45) is 1.09. The molecule has 0 bridgehead atoms. The first kappa shape index (κ1) is 14.8. The minimum atomic E-state index is -1.04. The highest BCUT2D eigenvalue weighted by Crippen LogP contribution is 2.23.